The Bertz CT molecular complexity index is 3180. The number of aryl methyl sites for hydroxylation is 2. The number of H-pyrrole nitrogens is 2. The molecule has 2 aliphatic carbocycles. The SMILES string of the molecule is CCC1=C(C)c2cc3[nH]c(cc4nc(cc5[nH]c(cc1n2)c(CC)c5C)c1c2cccc5cccc(c4=1)c52)c1c3-c2cccc3cccc-1c23. The first-order valence-corrected chi connectivity index (χ1v) is 17.8. The van der Waals surface area contributed by atoms with Crippen molar-refractivity contribution in [1.82, 2.24) is 19.9 Å². The van der Waals surface area contributed by atoms with Crippen LogP contribution in [0.2, 0.25) is 0 Å². The van der Waals surface area contributed by atoms with Crippen molar-refractivity contribution in [3.05, 3.63) is 130 Å². The Kier molecular flexibility index (Phi) is 5.47. The van der Waals surface area contributed by atoms with Gasteiger partial charge in [-0.1, -0.05) is 86.6 Å². The molecule has 0 amide bonds. The van der Waals surface area contributed by atoms with Crippen molar-refractivity contribution >= 4 is 76.6 Å². The molecule has 0 radical (unpaired) electrons. The van der Waals surface area contributed by atoms with Gasteiger partial charge in [-0.15, -0.1) is 0 Å². The number of aromatic nitrogens is 4. The molecule has 5 heterocycles. The van der Waals surface area contributed by atoms with Crippen LogP contribution < -0.4 is 0 Å². The molecule has 7 aromatic rings. The predicted molar refractivity (Wildman–Crippen MR) is 210 cm³/mol. The van der Waals surface area contributed by atoms with Gasteiger partial charge in [-0.25, -0.2) is 9.97 Å². The van der Waals surface area contributed by atoms with Gasteiger partial charge < -0.3 is 9.97 Å². The molecule has 50 heavy (non-hydrogen) atoms. The molecule has 0 saturated heterocycles. The zero-order valence-electron chi connectivity index (χ0n) is 28.5. The van der Waals surface area contributed by atoms with E-state index in [1.165, 1.54) is 87.3 Å². The highest BCUT2D eigenvalue weighted by Crippen LogP contribution is 2.51. The van der Waals surface area contributed by atoms with E-state index in [4.69, 9.17) is 9.97 Å². The predicted octanol–water partition coefficient (Wildman–Crippen LogP) is 12.1. The van der Waals surface area contributed by atoms with Crippen molar-refractivity contribution in [2.45, 2.75) is 40.5 Å². The number of allylic oxidation sites excluding steroid dienone is 2. The number of hydrogen-bond acceptors (Lipinski definition) is 2. The van der Waals surface area contributed by atoms with Crippen LogP contribution in [-0.4, -0.2) is 19.9 Å². The standard InChI is InChI=1S/C46H34N4/c1-5-27-23(3)33-19-37-43-29-15-7-11-25-13-9-17-31(41(25)29)45(43)39(49-37)22-40-46-32-18-10-14-26-12-8-16-30(42(26)32)44(46)38(50-40)20-34-24(4)28(6-2)36(48-34)21-35(27)47-33/h7-22,47,50H,5-6H2,1-4H3. The maximum absolute atomic E-state index is 5.50. The quantitative estimate of drug-likeness (QED) is 0.197. The first-order valence-electron chi connectivity index (χ1n) is 17.8. The Morgan fingerprint density at radius 3 is 1.74 bits per heavy atom. The Labute approximate surface area is 288 Å². The lowest BCUT2D eigenvalue weighted by Gasteiger charge is -2.02. The van der Waals surface area contributed by atoms with E-state index in [2.05, 4.69) is 135 Å². The molecule has 11 rings (SSSR count). The van der Waals surface area contributed by atoms with Gasteiger partial charge in [0.15, 0.2) is 0 Å². The molecule has 4 aromatic carbocycles. The molecule has 4 heteroatoms. The number of aromatic amines is 2. The van der Waals surface area contributed by atoms with Gasteiger partial charge in [0.2, 0.25) is 0 Å². The molecule has 8 bridgehead atoms. The number of benzene rings is 4. The van der Waals surface area contributed by atoms with Crippen LogP contribution in [0.3, 0.4) is 0 Å². The third-order valence-electron chi connectivity index (χ3n) is 11.6. The van der Waals surface area contributed by atoms with Crippen molar-refractivity contribution < 1.29 is 0 Å². The molecule has 0 unspecified atom stereocenters. The largest absolute Gasteiger partial charge is 0.355 e. The topological polar surface area (TPSA) is 57.4 Å². The molecule has 0 saturated carbocycles. The minimum Gasteiger partial charge on any atom is -0.355 e. The molecular weight excluding hydrogens is 609 g/mol. The molecule has 2 N–H and O–H groups in total. The van der Waals surface area contributed by atoms with Gasteiger partial charge in [0.25, 0.3) is 0 Å². The Hall–Kier alpha value is -6.00. The zero-order chi connectivity index (χ0) is 33.4. The lowest BCUT2D eigenvalue weighted by atomic mass is 10.0. The monoisotopic (exact) mass is 642 g/mol. The fraction of sp³-hybridized carbons (Fsp3) is 0.130. The minimum atomic E-state index is 0.920. The summed E-state index contributed by atoms with van der Waals surface area (Å²) in [4.78, 5) is 18.6. The molecule has 4 nitrogen and oxygen atoms in total. The molecular formula is C46H34N4. The third-order valence-corrected chi connectivity index (χ3v) is 11.6. The number of fused-ring (bicyclic) bond motifs is 17. The van der Waals surface area contributed by atoms with Crippen molar-refractivity contribution in [2.24, 2.45) is 0 Å². The van der Waals surface area contributed by atoms with Crippen LogP contribution in [0.4, 0.5) is 0 Å². The fourth-order valence-electron chi connectivity index (χ4n) is 9.37. The van der Waals surface area contributed by atoms with E-state index in [1.54, 1.807) is 0 Å². The summed E-state index contributed by atoms with van der Waals surface area (Å²) in [6.45, 7) is 8.95. The van der Waals surface area contributed by atoms with Crippen molar-refractivity contribution in [1.29, 1.82) is 0 Å². The highest BCUT2D eigenvalue weighted by atomic mass is 14.8. The second kappa shape index (κ2) is 9.79. The van der Waals surface area contributed by atoms with E-state index < -0.39 is 0 Å². The van der Waals surface area contributed by atoms with Gasteiger partial charge in [-0.05, 0) is 117 Å². The highest BCUT2D eigenvalue weighted by Gasteiger charge is 2.27. The van der Waals surface area contributed by atoms with Gasteiger partial charge in [0.1, 0.15) is 0 Å². The summed E-state index contributed by atoms with van der Waals surface area (Å²) in [7, 11) is 0. The molecule has 4 aliphatic rings. The summed E-state index contributed by atoms with van der Waals surface area (Å²) < 4.78 is 0. The van der Waals surface area contributed by atoms with Crippen molar-refractivity contribution in [2.75, 3.05) is 0 Å². The van der Waals surface area contributed by atoms with Gasteiger partial charge >= 0.3 is 0 Å². The summed E-state index contributed by atoms with van der Waals surface area (Å²) in [5.41, 5.74) is 18.6. The minimum absolute atomic E-state index is 0.920. The Morgan fingerprint density at radius 1 is 0.540 bits per heavy atom. The van der Waals surface area contributed by atoms with E-state index in [0.29, 0.717) is 0 Å². The maximum atomic E-state index is 5.50. The third kappa shape index (κ3) is 3.50. The van der Waals surface area contributed by atoms with Gasteiger partial charge in [-0.3, -0.25) is 0 Å². The van der Waals surface area contributed by atoms with E-state index in [9.17, 15) is 0 Å². The van der Waals surface area contributed by atoms with Gasteiger partial charge in [0, 0.05) is 43.6 Å². The summed E-state index contributed by atoms with van der Waals surface area (Å²) in [5, 5.41) is 10.1. The van der Waals surface area contributed by atoms with Crippen LogP contribution >= 0.6 is 0 Å². The smallest absolute Gasteiger partial charge is 0.0743 e. The molecule has 0 fully saturated rings. The molecule has 2 aliphatic heterocycles. The Morgan fingerprint density at radius 2 is 1.10 bits per heavy atom. The Balaban J connectivity index is 1.41. The maximum Gasteiger partial charge on any atom is 0.0743 e. The number of nitrogens with zero attached hydrogens (tertiary/aromatic N) is 2. The van der Waals surface area contributed by atoms with E-state index in [-0.39, 0.29) is 0 Å². The van der Waals surface area contributed by atoms with Crippen LogP contribution in [0.5, 0.6) is 0 Å². The molecule has 0 atom stereocenters. The normalized spacial score (nSPS) is 13.3. The first kappa shape index (κ1) is 27.9. The zero-order valence-corrected chi connectivity index (χ0v) is 28.5. The lowest BCUT2D eigenvalue weighted by Crippen LogP contribution is -1.83. The average molecular weight is 643 g/mol. The second-order valence-corrected chi connectivity index (χ2v) is 14.1. The summed E-state index contributed by atoms with van der Waals surface area (Å²) in [6, 6.07) is 35.9. The summed E-state index contributed by atoms with van der Waals surface area (Å²) in [6.07, 6.45) is 1.85. The molecule has 238 valence electrons. The molecule has 0 spiro atoms. The van der Waals surface area contributed by atoms with Crippen LogP contribution in [0.15, 0.2) is 97.1 Å². The van der Waals surface area contributed by atoms with E-state index >= 15 is 0 Å². The summed E-state index contributed by atoms with van der Waals surface area (Å²) >= 11 is 0. The average Bonchev–Trinajstić information content (AvgIpc) is 3.94. The fourth-order valence-corrected chi connectivity index (χ4v) is 9.37. The van der Waals surface area contributed by atoms with E-state index in [0.717, 1.165) is 57.3 Å². The lowest BCUT2D eigenvalue weighted by molar-refractivity contribution is 1.14. The van der Waals surface area contributed by atoms with E-state index in [1.807, 2.05) is 0 Å². The second-order valence-electron chi connectivity index (χ2n) is 14.1. The number of nitrogens with one attached hydrogen (secondary N) is 2. The van der Waals surface area contributed by atoms with Crippen LogP contribution in [0, 0.1) is 17.4 Å². The highest BCUT2D eigenvalue weighted by molar-refractivity contribution is 6.23. The van der Waals surface area contributed by atoms with Crippen LogP contribution in [0.25, 0.3) is 98.8 Å². The van der Waals surface area contributed by atoms with Gasteiger partial charge in [-0.2, -0.15) is 0 Å². The van der Waals surface area contributed by atoms with Crippen molar-refractivity contribution in [3.8, 4) is 22.3 Å². The van der Waals surface area contributed by atoms with Gasteiger partial charge in [0.05, 0.1) is 22.4 Å². The van der Waals surface area contributed by atoms with Crippen LogP contribution in [-0.2, 0) is 6.42 Å². The number of hydrogen-bond donors (Lipinski definition) is 2. The summed E-state index contributed by atoms with van der Waals surface area (Å²) in [5.74, 6) is 0. The first-order chi connectivity index (χ1) is 24.5. The van der Waals surface area contributed by atoms with Crippen LogP contribution in [0.1, 0.15) is 49.7 Å². The number of rotatable bonds is 2. The molecule has 3 aromatic heterocycles. The van der Waals surface area contributed by atoms with Crippen molar-refractivity contribution in [3.63, 3.8) is 0 Å².